The van der Waals surface area contributed by atoms with Gasteiger partial charge in [0.2, 0.25) is 5.91 Å². The number of hydrogen-bond donors (Lipinski definition) is 2. The molecule has 2 unspecified atom stereocenters. The number of benzene rings is 2. The molecule has 0 bridgehead atoms. The highest BCUT2D eigenvalue weighted by molar-refractivity contribution is 6.34. The van der Waals surface area contributed by atoms with Gasteiger partial charge in [0.15, 0.2) is 0 Å². The summed E-state index contributed by atoms with van der Waals surface area (Å²) in [6, 6.07) is 13.0. The Hall–Kier alpha value is -2.57. The zero-order valence-electron chi connectivity index (χ0n) is 14.2. The van der Waals surface area contributed by atoms with Crippen LogP contribution < -0.4 is 10.1 Å². The Balaban J connectivity index is 1.73. The molecular weight excluding hydrogens is 356 g/mol. The van der Waals surface area contributed by atoms with E-state index in [0.29, 0.717) is 16.5 Å². The summed E-state index contributed by atoms with van der Waals surface area (Å²) in [7, 11) is 0. The number of nitrogens with one attached hydrogen (secondary N) is 1. The van der Waals surface area contributed by atoms with Crippen molar-refractivity contribution in [1.82, 2.24) is 4.90 Å². The summed E-state index contributed by atoms with van der Waals surface area (Å²) >= 11 is 6.21. The first-order valence-corrected chi connectivity index (χ1v) is 8.61. The lowest BCUT2D eigenvalue weighted by molar-refractivity contribution is -0.119. The van der Waals surface area contributed by atoms with Crippen LogP contribution >= 0.6 is 11.6 Å². The lowest BCUT2D eigenvalue weighted by atomic mass is 10.1. The zero-order chi connectivity index (χ0) is 18.7. The molecule has 7 heteroatoms. The maximum atomic E-state index is 12.7. The van der Waals surface area contributed by atoms with Crippen molar-refractivity contribution in [2.24, 2.45) is 0 Å². The number of amides is 2. The predicted molar refractivity (Wildman–Crippen MR) is 98.4 cm³/mol. The van der Waals surface area contributed by atoms with Crippen LogP contribution in [0.1, 0.15) is 12.0 Å². The van der Waals surface area contributed by atoms with E-state index in [1.807, 2.05) is 13.0 Å². The van der Waals surface area contributed by atoms with Crippen molar-refractivity contribution in [1.29, 1.82) is 0 Å². The molecule has 2 atom stereocenters. The monoisotopic (exact) mass is 374 g/mol. The van der Waals surface area contributed by atoms with E-state index in [-0.39, 0.29) is 13.0 Å². The molecule has 1 saturated heterocycles. The molecule has 1 aliphatic heterocycles. The second kappa shape index (κ2) is 7.76. The van der Waals surface area contributed by atoms with Crippen LogP contribution in [-0.4, -0.2) is 40.7 Å². The SMILES string of the molecule is Cc1cccc(NC(=O)C2CC(O)CN2C(=O)Oc2ccccc2)c1Cl. The van der Waals surface area contributed by atoms with Gasteiger partial charge in [0.1, 0.15) is 11.8 Å². The van der Waals surface area contributed by atoms with Crippen LogP contribution in [0.2, 0.25) is 5.02 Å². The number of rotatable bonds is 3. The normalized spacial score (nSPS) is 19.3. The molecule has 1 heterocycles. The van der Waals surface area contributed by atoms with Gasteiger partial charge in [0.05, 0.1) is 23.4 Å². The summed E-state index contributed by atoms with van der Waals surface area (Å²) in [6.07, 6.45) is -1.33. The van der Waals surface area contributed by atoms with Crippen LogP contribution in [0.4, 0.5) is 10.5 Å². The van der Waals surface area contributed by atoms with Crippen LogP contribution in [0, 0.1) is 6.92 Å². The molecule has 2 aromatic rings. The number of likely N-dealkylation sites (tertiary alicyclic amines) is 1. The quantitative estimate of drug-likeness (QED) is 0.864. The van der Waals surface area contributed by atoms with Crippen molar-refractivity contribution in [3.8, 4) is 5.75 Å². The van der Waals surface area contributed by atoms with Gasteiger partial charge in [-0.15, -0.1) is 0 Å². The molecule has 0 saturated carbocycles. The van der Waals surface area contributed by atoms with Gasteiger partial charge in [0, 0.05) is 6.42 Å². The summed E-state index contributed by atoms with van der Waals surface area (Å²) in [5.74, 6) is -0.0427. The first-order chi connectivity index (χ1) is 12.5. The van der Waals surface area contributed by atoms with Gasteiger partial charge in [0.25, 0.3) is 0 Å². The van der Waals surface area contributed by atoms with E-state index in [1.54, 1.807) is 42.5 Å². The largest absolute Gasteiger partial charge is 0.416 e. The van der Waals surface area contributed by atoms with Crippen LogP contribution in [0.3, 0.4) is 0 Å². The molecule has 1 aliphatic rings. The molecule has 26 heavy (non-hydrogen) atoms. The van der Waals surface area contributed by atoms with E-state index >= 15 is 0 Å². The number of para-hydroxylation sites is 1. The predicted octanol–water partition coefficient (Wildman–Crippen LogP) is 3.22. The summed E-state index contributed by atoms with van der Waals surface area (Å²) in [5, 5.41) is 13.1. The number of aryl methyl sites for hydroxylation is 1. The average Bonchev–Trinajstić information content (AvgIpc) is 3.02. The number of β-amino-alcohol motifs (C(OH)–C–C–N with tert-alkyl or cyclic N) is 1. The molecule has 136 valence electrons. The topological polar surface area (TPSA) is 78.9 Å². The minimum absolute atomic E-state index is 0.0330. The highest BCUT2D eigenvalue weighted by Gasteiger charge is 2.40. The van der Waals surface area contributed by atoms with Crippen molar-refractivity contribution in [3.05, 3.63) is 59.1 Å². The third-order valence-electron chi connectivity index (χ3n) is 4.21. The first-order valence-electron chi connectivity index (χ1n) is 8.23. The first kappa shape index (κ1) is 18.2. The Labute approximate surface area is 156 Å². The number of carbonyl (C=O) groups excluding carboxylic acids is 2. The molecule has 2 N–H and O–H groups in total. The molecule has 0 radical (unpaired) electrons. The highest BCUT2D eigenvalue weighted by Crippen LogP contribution is 2.27. The van der Waals surface area contributed by atoms with Crippen LogP contribution in [0.25, 0.3) is 0 Å². The van der Waals surface area contributed by atoms with Crippen molar-refractivity contribution in [3.63, 3.8) is 0 Å². The van der Waals surface area contributed by atoms with Gasteiger partial charge in [-0.3, -0.25) is 9.69 Å². The number of carbonyl (C=O) groups is 2. The smallest absolute Gasteiger partial charge is 0.410 e. The van der Waals surface area contributed by atoms with Crippen LogP contribution in [0.5, 0.6) is 5.75 Å². The standard InChI is InChI=1S/C19H19ClN2O4/c1-12-6-5-9-15(17(12)20)21-18(24)16-10-13(23)11-22(16)19(25)26-14-7-3-2-4-8-14/h2-9,13,16,23H,10-11H2,1H3,(H,21,24). The lowest BCUT2D eigenvalue weighted by Gasteiger charge is -2.23. The molecule has 2 amide bonds. The summed E-state index contributed by atoms with van der Waals surface area (Å²) in [5.41, 5.74) is 1.30. The van der Waals surface area contributed by atoms with Gasteiger partial charge in [-0.2, -0.15) is 0 Å². The maximum absolute atomic E-state index is 12.7. The Kier molecular flexibility index (Phi) is 5.44. The van der Waals surface area contributed by atoms with E-state index in [0.717, 1.165) is 5.56 Å². The Morgan fingerprint density at radius 1 is 1.19 bits per heavy atom. The average molecular weight is 375 g/mol. The Morgan fingerprint density at radius 3 is 2.65 bits per heavy atom. The third kappa shape index (κ3) is 3.98. The molecule has 6 nitrogen and oxygen atoms in total. The lowest BCUT2D eigenvalue weighted by Crippen LogP contribution is -2.44. The van der Waals surface area contributed by atoms with Crippen molar-refractivity contribution < 1.29 is 19.4 Å². The van der Waals surface area contributed by atoms with Gasteiger partial charge in [-0.1, -0.05) is 41.9 Å². The Bertz CT molecular complexity index is 812. The number of anilines is 1. The number of aliphatic hydroxyl groups excluding tert-OH is 1. The number of hydrogen-bond acceptors (Lipinski definition) is 4. The third-order valence-corrected chi connectivity index (χ3v) is 4.72. The van der Waals surface area contributed by atoms with E-state index < -0.39 is 24.1 Å². The molecule has 1 fully saturated rings. The fourth-order valence-corrected chi connectivity index (χ4v) is 3.05. The summed E-state index contributed by atoms with van der Waals surface area (Å²) in [4.78, 5) is 26.3. The zero-order valence-corrected chi connectivity index (χ0v) is 14.9. The number of aliphatic hydroxyl groups is 1. The molecule has 3 rings (SSSR count). The van der Waals surface area contributed by atoms with Crippen LogP contribution in [-0.2, 0) is 4.79 Å². The second-order valence-electron chi connectivity index (χ2n) is 6.16. The molecular formula is C19H19ClN2O4. The van der Waals surface area contributed by atoms with Crippen molar-refractivity contribution in [2.75, 3.05) is 11.9 Å². The molecule has 0 aliphatic carbocycles. The fraction of sp³-hybridized carbons (Fsp3) is 0.263. The second-order valence-corrected chi connectivity index (χ2v) is 6.54. The minimum Gasteiger partial charge on any atom is -0.410 e. The van der Waals surface area contributed by atoms with Gasteiger partial charge in [-0.05, 0) is 30.7 Å². The van der Waals surface area contributed by atoms with E-state index in [1.165, 1.54) is 4.90 Å². The number of nitrogens with zero attached hydrogens (tertiary/aromatic N) is 1. The number of halogens is 1. The van der Waals surface area contributed by atoms with E-state index in [2.05, 4.69) is 5.32 Å². The fourth-order valence-electron chi connectivity index (χ4n) is 2.87. The molecule has 0 spiro atoms. The van der Waals surface area contributed by atoms with Crippen molar-refractivity contribution in [2.45, 2.75) is 25.5 Å². The highest BCUT2D eigenvalue weighted by atomic mass is 35.5. The molecule has 0 aromatic heterocycles. The van der Waals surface area contributed by atoms with Gasteiger partial charge < -0.3 is 15.2 Å². The number of ether oxygens (including phenoxy) is 1. The maximum Gasteiger partial charge on any atom is 0.416 e. The van der Waals surface area contributed by atoms with E-state index in [4.69, 9.17) is 16.3 Å². The Morgan fingerprint density at radius 2 is 1.92 bits per heavy atom. The van der Waals surface area contributed by atoms with Crippen molar-refractivity contribution >= 4 is 29.3 Å². The van der Waals surface area contributed by atoms with Gasteiger partial charge >= 0.3 is 6.09 Å². The van der Waals surface area contributed by atoms with E-state index in [9.17, 15) is 14.7 Å². The molecule has 2 aromatic carbocycles. The minimum atomic E-state index is -0.835. The van der Waals surface area contributed by atoms with Gasteiger partial charge in [-0.25, -0.2) is 4.79 Å². The van der Waals surface area contributed by atoms with Crippen LogP contribution in [0.15, 0.2) is 48.5 Å². The summed E-state index contributed by atoms with van der Waals surface area (Å²) < 4.78 is 5.29. The summed E-state index contributed by atoms with van der Waals surface area (Å²) in [6.45, 7) is 1.87.